The lowest BCUT2D eigenvalue weighted by Crippen LogP contribution is -1.98. The van der Waals surface area contributed by atoms with Crippen molar-refractivity contribution >= 4 is 32.4 Å². The molecule has 1 N–H and O–H groups in total. The number of benzene rings is 3. The zero-order valence-electron chi connectivity index (χ0n) is 11.8. The molecule has 0 aliphatic carbocycles. The van der Waals surface area contributed by atoms with Crippen LogP contribution < -0.4 is 10.1 Å². The smallest absolute Gasteiger partial charge is 0.119 e. The van der Waals surface area contributed by atoms with Crippen molar-refractivity contribution in [3.63, 3.8) is 0 Å². The number of ether oxygens (including phenoxy) is 1. The molecular weight excluding hydrogens is 326 g/mol. The molecule has 0 saturated heterocycles. The number of hydrogen-bond acceptors (Lipinski definition) is 2. The molecular formula is C18H16BrNO. The van der Waals surface area contributed by atoms with Crippen molar-refractivity contribution in [1.82, 2.24) is 0 Å². The van der Waals surface area contributed by atoms with Gasteiger partial charge in [-0.05, 0) is 58.8 Å². The van der Waals surface area contributed by atoms with Gasteiger partial charge in [0.1, 0.15) is 5.75 Å². The third-order valence-electron chi connectivity index (χ3n) is 3.45. The van der Waals surface area contributed by atoms with Gasteiger partial charge in [0.25, 0.3) is 0 Å². The quantitative estimate of drug-likeness (QED) is 0.702. The molecule has 106 valence electrons. The first-order valence-electron chi connectivity index (χ1n) is 6.81. The van der Waals surface area contributed by atoms with Gasteiger partial charge in [0.05, 0.1) is 7.11 Å². The molecule has 0 aliphatic rings. The number of halogens is 1. The minimum atomic E-state index is 0.809. The Kier molecular flexibility index (Phi) is 4.11. The monoisotopic (exact) mass is 341 g/mol. The highest BCUT2D eigenvalue weighted by Gasteiger charge is 1.99. The van der Waals surface area contributed by atoms with E-state index in [-0.39, 0.29) is 0 Å². The van der Waals surface area contributed by atoms with Crippen molar-refractivity contribution in [2.24, 2.45) is 0 Å². The zero-order chi connectivity index (χ0) is 14.7. The molecule has 0 aliphatic heterocycles. The molecule has 0 radical (unpaired) electrons. The number of rotatable bonds is 4. The van der Waals surface area contributed by atoms with Crippen LogP contribution in [0.15, 0.2) is 65.1 Å². The van der Waals surface area contributed by atoms with Crippen LogP contribution in [0.4, 0.5) is 5.69 Å². The van der Waals surface area contributed by atoms with Gasteiger partial charge in [-0.15, -0.1) is 0 Å². The summed E-state index contributed by atoms with van der Waals surface area (Å²) < 4.78 is 6.34. The lowest BCUT2D eigenvalue weighted by Gasteiger charge is -2.08. The molecule has 3 aromatic carbocycles. The lowest BCUT2D eigenvalue weighted by atomic mass is 10.1. The van der Waals surface area contributed by atoms with Gasteiger partial charge in [-0.1, -0.05) is 34.1 Å². The summed E-state index contributed by atoms with van der Waals surface area (Å²) in [5.74, 6) is 0.892. The van der Waals surface area contributed by atoms with Crippen LogP contribution in [-0.4, -0.2) is 7.11 Å². The van der Waals surface area contributed by atoms with E-state index in [1.54, 1.807) is 7.11 Å². The molecule has 0 saturated carbocycles. The maximum atomic E-state index is 5.25. The average molecular weight is 342 g/mol. The number of anilines is 1. The molecule has 0 unspecified atom stereocenters. The topological polar surface area (TPSA) is 21.3 Å². The van der Waals surface area contributed by atoms with Crippen molar-refractivity contribution in [2.75, 3.05) is 12.4 Å². The molecule has 2 nitrogen and oxygen atoms in total. The Morgan fingerprint density at radius 3 is 2.38 bits per heavy atom. The molecule has 0 aromatic heterocycles. The predicted molar refractivity (Wildman–Crippen MR) is 92.0 cm³/mol. The van der Waals surface area contributed by atoms with E-state index in [1.165, 1.54) is 16.3 Å². The van der Waals surface area contributed by atoms with Crippen LogP contribution in [0.3, 0.4) is 0 Å². The van der Waals surface area contributed by atoms with Crippen LogP contribution in [0, 0.1) is 0 Å². The van der Waals surface area contributed by atoms with Crippen LogP contribution in [0.25, 0.3) is 10.8 Å². The molecule has 3 rings (SSSR count). The molecule has 0 amide bonds. The number of methoxy groups -OCH3 is 1. The largest absolute Gasteiger partial charge is 0.497 e. The summed E-state index contributed by atoms with van der Waals surface area (Å²) in [5.41, 5.74) is 2.38. The predicted octanol–water partition coefficient (Wildman–Crippen LogP) is 5.22. The second-order valence-corrected chi connectivity index (χ2v) is 5.82. The molecule has 0 bridgehead atoms. The number of nitrogens with one attached hydrogen (secondary N) is 1. The Balaban J connectivity index is 1.76. The molecule has 3 aromatic rings. The summed E-state index contributed by atoms with van der Waals surface area (Å²) in [5, 5.41) is 5.85. The molecule has 3 heteroatoms. The van der Waals surface area contributed by atoms with E-state index in [4.69, 9.17) is 4.74 Å². The summed E-state index contributed by atoms with van der Waals surface area (Å²) in [7, 11) is 1.69. The van der Waals surface area contributed by atoms with Crippen molar-refractivity contribution in [3.05, 3.63) is 70.7 Å². The van der Waals surface area contributed by atoms with Crippen molar-refractivity contribution in [1.29, 1.82) is 0 Å². The minimum Gasteiger partial charge on any atom is -0.497 e. The number of hydrogen-bond donors (Lipinski definition) is 1. The Hall–Kier alpha value is -2.00. The molecule has 21 heavy (non-hydrogen) atoms. The number of fused-ring (bicyclic) bond motifs is 1. The average Bonchev–Trinajstić information content (AvgIpc) is 2.53. The maximum absolute atomic E-state index is 5.25. The van der Waals surface area contributed by atoms with E-state index in [0.717, 1.165) is 22.5 Å². The van der Waals surface area contributed by atoms with E-state index < -0.39 is 0 Å². The van der Waals surface area contributed by atoms with E-state index in [1.807, 2.05) is 18.2 Å². The minimum absolute atomic E-state index is 0.809. The van der Waals surface area contributed by atoms with Gasteiger partial charge in [0.15, 0.2) is 0 Å². The van der Waals surface area contributed by atoms with Crippen LogP contribution in [0.5, 0.6) is 5.75 Å². The first-order chi connectivity index (χ1) is 10.2. The van der Waals surface area contributed by atoms with E-state index in [9.17, 15) is 0 Å². The van der Waals surface area contributed by atoms with Gasteiger partial charge >= 0.3 is 0 Å². The van der Waals surface area contributed by atoms with Gasteiger partial charge in [-0.25, -0.2) is 0 Å². The van der Waals surface area contributed by atoms with Crippen LogP contribution in [0.1, 0.15) is 5.56 Å². The second kappa shape index (κ2) is 6.19. The standard InChI is InChI=1S/C18H16BrNO/c1-21-18-9-4-14-10-13(2-3-15(14)11-18)12-20-17-7-5-16(19)6-8-17/h2-11,20H,12H2,1H3. The summed E-state index contributed by atoms with van der Waals surface area (Å²) >= 11 is 3.44. The van der Waals surface area contributed by atoms with E-state index in [2.05, 4.69) is 63.7 Å². The van der Waals surface area contributed by atoms with Gasteiger partial charge in [-0.2, -0.15) is 0 Å². The highest BCUT2D eigenvalue weighted by molar-refractivity contribution is 9.10. The van der Waals surface area contributed by atoms with Crippen LogP contribution in [-0.2, 0) is 6.54 Å². The first-order valence-corrected chi connectivity index (χ1v) is 7.60. The maximum Gasteiger partial charge on any atom is 0.119 e. The normalized spacial score (nSPS) is 10.6. The fourth-order valence-corrected chi connectivity index (χ4v) is 2.55. The first kappa shape index (κ1) is 14.0. The van der Waals surface area contributed by atoms with Crippen LogP contribution in [0.2, 0.25) is 0 Å². The summed E-state index contributed by atoms with van der Waals surface area (Å²) in [6.07, 6.45) is 0. The molecule has 0 heterocycles. The highest BCUT2D eigenvalue weighted by Crippen LogP contribution is 2.22. The Morgan fingerprint density at radius 1 is 0.905 bits per heavy atom. The van der Waals surface area contributed by atoms with Crippen LogP contribution >= 0.6 is 15.9 Å². The summed E-state index contributed by atoms with van der Waals surface area (Å²) in [6, 6.07) is 20.8. The molecule has 0 fully saturated rings. The van der Waals surface area contributed by atoms with Gasteiger partial charge < -0.3 is 10.1 Å². The zero-order valence-corrected chi connectivity index (χ0v) is 13.4. The summed E-state index contributed by atoms with van der Waals surface area (Å²) in [6.45, 7) is 0.809. The Bertz CT molecular complexity index is 753. The molecule has 0 spiro atoms. The van der Waals surface area contributed by atoms with Gasteiger partial charge in [0, 0.05) is 16.7 Å². The third-order valence-corrected chi connectivity index (χ3v) is 3.98. The Morgan fingerprint density at radius 2 is 1.62 bits per heavy atom. The fourth-order valence-electron chi connectivity index (χ4n) is 2.28. The van der Waals surface area contributed by atoms with Gasteiger partial charge in [0.2, 0.25) is 0 Å². The van der Waals surface area contributed by atoms with E-state index >= 15 is 0 Å². The molecule has 0 atom stereocenters. The van der Waals surface area contributed by atoms with Gasteiger partial charge in [-0.3, -0.25) is 0 Å². The third kappa shape index (κ3) is 3.37. The lowest BCUT2D eigenvalue weighted by molar-refractivity contribution is 0.415. The van der Waals surface area contributed by atoms with Crippen molar-refractivity contribution in [2.45, 2.75) is 6.54 Å². The van der Waals surface area contributed by atoms with E-state index in [0.29, 0.717) is 0 Å². The fraction of sp³-hybridized carbons (Fsp3) is 0.111. The Labute approximate surface area is 132 Å². The second-order valence-electron chi connectivity index (χ2n) is 4.91. The van der Waals surface area contributed by atoms with Crippen molar-refractivity contribution in [3.8, 4) is 5.75 Å². The summed E-state index contributed by atoms with van der Waals surface area (Å²) in [4.78, 5) is 0. The SMILES string of the molecule is COc1ccc2cc(CNc3ccc(Br)cc3)ccc2c1. The highest BCUT2D eigenvalue weighted by atomic mass is 79.9. The van der Waals surface area contributed by atoms with Crippen molar-refractivity contribution < 1.29 is 4.74 Å².